The molecule has 1 saturated heterocycles. The number of hydrogen-bond acceptors (Lipinski definition) is 5. The summed E-state index contributed by atoms with van der Waals surface area (Å²) < 4.78 is 1.92. The molecule has 1 atom stereocenters. The van der Waals surface area contributed by atoms with Crippen molar-refractivity contribution in [2.24, 2.45) is 0 Å². The second-order valence-electron chi connectivity index (χ2n) is 5.21. The first kappa shape index (κ1) is 15.0. The summed E-state index contributed by atoms with van der Waals surface area (Å²) >= 11 is 1.65. The zero-order valence-corrected chi connectivity index (χ0v) is 13.3. The summed E-state index contributed by atoms with van der Waals surface area (Å²) in [5.41, 5.74) is 0.837. The summed E-state index contributed by atoms with van der Waals surface area (Å²) in [6, 6.07) is -0.194. The minimum absolute atomic E-state index is 0.0570. The molecule has 0 unspecified atom stereocenters. The van der Waals surface area contributed by atoms with E-state index in [4.69, 9.17) is 0 Å². The smallest absolute Gasteiger partial charge is 0.243 e. The molecule has 1 amide bonds. The van der Waals surface area contributed by atoms with Crippen molar-refractivity contribution in [3.8, 4) is 11.4 Å². The molecule has 0 spiro atoms. The Balaban J connectivity index is 1.83. The average Bonchev–Trinajstić information content (AvgIpc) is 3.03. The van der Waals surface area contributed by atoms with Gasteiger partial charge in [-0.15, -0.1) is 0 Å². The first-order valence-electron chi connectivity index (χ1n) is 7.55. The van der Waals surface area contributed by atoms with E-state index in [2.05, 4.69) is 27.2 Å². The van der Waals surface area contributed by atoms with Crippen LogP contribution in [0.4, 0.5) is 0 Å². The van der Waals surface area contributed by atoms with Crippen LogP contribution in [0, 0.1) is 0 Å². The number of thioether (sulfide) groups is 1. The molecule has 7 heteroatoms. The minimum Gasteiger partial charge on any atom is -0.354 e. The second-order valence-corrected chi connectivity index (χ2v) is 6.27. The lowest BCUT2D eigenvalue weighted by atomic mass is 10.1. The molecule has 0 aromatic carbocycles. The van der Waals surface area contributed by atoms with Crippen LogP contribution in [0.2, 0.25) is 0 Å². The lowest BCUT2D eigenvalue weighted by Gasteiger charge is -2.24. The maximum atomic E-state index is 12.1. The van der Waals surface area contributed by atoms with E-state index < -0.39 is 0 Å². The summed E-state index contributed by atoms with van der Waals surface area (Å²) in [4.78, 5) is 25.2. The number of rotatable bonds is 5. The van der Waals surface area contributed by atoms with Crippen LogP contribution in [0.25, 0.3) is 11.4 Å². The highest BCUT2D eigenvalue weighted by Crippen LogP contribution is 2.25. The molecule has 3 rings (SSSR count). The third kappa shape index (κ3) is 3.14. The Labute approximate surface area is 133 Å². The fourth-order valence-corrected chi connectivity index (χ4v) is 3.15. The molecular formula is C15H19N5OS. The molecule has 2 aromatic rings. The van der Waals surface area contributed by atoms with Gasteiger partial charge in [-0.05, 0) is 19.3 Å². The van der Waals surface area contributed by atoms with Gasteiger partial charge in [0, 0.05) is 37.1 Å². The van der Waals surface area contributed by atoms with Crippen LogP contribution in [0.3, 0.4) is 0 Å². The highest BCUT2D eigenvalue weighted by Gasteiger charge is 2.25. The number of amides is 1. The van der Waals surface area contributed by atoms with Crippen LogP contribution in [-0.4, -0.2) is 37.7 Å². The number of aromatic nitrogens is 4. The van der Waals surface area contributed by atoms with Crippen molar-refractivity contribution in [1.82, 2.24) is 24.8 Å². The second kappa shape index (κ2) is 6.91. The number of nitrogens with one attached hydrogen (secondary N) is 1. The fourth-order valence-electron chi connectivity index (χ4n) is 2.51. The highest BCUT2D eigenvalue weighted by atomic mass is 32.2. The van der Waals surface area contributed by atoms with Gasteiger partial charge < -0.3 is 9.88 Å². The van der Waals surface area contributed by atoms with E-state index in [1.165, 1.54) is 0 Å². The van der Waals surface area contributed by atoms with E-state index in [0.29, 0.717) is 0 Å². The van der Waals surface area contributed by atoms with Gasteiger partial charge in [0.05, 0.1) is 5.56 Å². The predicted octanol–water partition coefficient (Wildman–Crippen LogP) is 2.29. The lowest BCUT2D eigenvalue weighted by Crippen LogP contribution is -2.37. The minimum atomic E-state index is -0.194. The standard InChI is InChI=1S/C15H19N5OS/c1-2-8-22-15-18-9-11(10-19-15)13-16-6-7-20(13)12-4-3-5-17-14(12)21/h6-7,9-10,12H,2-5,8H2,1H3,(H,17,21)/t12-/m1/s1. The van der Waals surface area contributed by atoms with Crippen molar-refractivity contribution in [3.05, 3.63) is 24.8 Å². The molecule has 0 radical (unpaired) electrons. The average molecular weight is 317 g/mol. The maximum absolute atomic E-state index is 12.1. The first-order chi connectivity index (χ1) is 10.8. The summed E-state index contributed by atoms with van der Waals surface area (Å²) in [6.45, 7) is 2.89. The van der Waals surface area contributed by atoms with Crippen LogP contribution in [-0.2, 0) is 4.79 Å². The van der Waals surface area contributed by atoms with E-state index in [1.54, 1.807) is 30.4 Å². The molecule has 22 heavy (non-hydrogen) atoms. The quantitative estimate of drug-likeness (QED) is 0.676. The number of piperidine rings is 1. The van der Waals surface area contributed by atoms with Crippen LogP contribution in [0.5, 0.6) is 0 Å². The van der Waals surface area contributed by atoms with Gasteiger partial charge in [0.15, 0.2) is 5.16 Å². The van der Waals surface area contributed by atoms with Crippen LogP contribution in [0.1, 0.15) is 32.2 Å². The van der Waals surface area contributed by atoms with Gasteiger partial charge in [0.1, 0.15) is 11.9 Å². The van der Waals surface area contributed by atoms with Crippen molar-refractivity contribution in [3.63, 3.8) is 0 Å². The first-order valence-corrected chi connectivity index (χ1v) is 8.54. The maximum Gasteiger partial charge on any atom is 0.243 e. The zero-order valence-electron chi connectivity index (χ0n) is 12.5. The fraction of sp³-hybridized carbons (Fsp3) is 0.467. The van der Waals surface area contributed by atoms with Gasteiger partial charge in [0.25, 0.3) is 0 Å². The summed E-state index contributed by atoms with van der Waals surface area (Å²) in [6.07, 6.45) is 10.0. The topological polar surface area (TPSA) is 72.7 Å². The van der Waals surface area contributed by atoms with Crippen LogP contribution < -0.4 is 5.32 Å². The zero-order chi connectivity index (χ0) is 15.4. The largest absolute Gasteiger partial charge is 0.354 e. The monoisotopic (exact) mass is 317 g/mol. The Hall–Kier alpha value is -1.89. The Bertz CT molecular complexity index is 640. The SMILES string of the molecule is CCCSc1ncc(-c2nccn2[C@@H]2CCCNC2=O)cn1. The number of imidazole rings is 1. The van der Waals surface area contributed by atoms with E-state index in [-0.39, 0.29) is 11.9 Å². The molecule has 1 aliphatic heterocycles. The van der Waals surface area contributed by atoms with Gasteiger partial charge in [-0.25, -0.2) is 15.0 Å². The molecule has 0 bridgehead atoms. The normalized spacial score (nSPS) is 18.2. The molecule has 0 saturated carbocycles. The number of hydrogen-bond donors (Lipinski definition) is 1. The third-order valence-corrected chi connectivity index (χ3v) is 4.66. The van der Waals surface area contributed by atoms with E-state index in [0.717, 1.165) is 48.1 Å². The molecule has 6 nitrogen and oxygen atoms in total. The number of carbonyl (C=O) groups excluding carboxylic acids is 1. The third-order valence-electron chi connectivity index (χ3n) is 3.58. The van der Waals surface area contributed by atoms with Crippen molar-refractivity contribution in [1.29, 1.82) is 0 Å². The van der Waals surface area contributed by atoms with E-state index in [1.807, 2.05) is 10.8 Å². The summed E-state index contributed by atoms with van der Waals surface area (Å²) in [7, 11) is 0. The van der Waals surface area contributed by atoms with Gasteiger partial charge >= 0.3 is 0 Å². The summed E-state index contributed by atoms with van der Waals surface area (Å²) in [5, 5.41) is 3.69. The molecule has 116 valence electrons. The van der Waals surface area contributed by atoms with E-state index >= 15 is 0 Å². The molecule has 2 aromatic heterocycles. The van der Waals surface area contributed by atoms with E-state index in [9.17, 15) is 4.79 Å². The van der Waals surface area contributed by atoms with Crippen molar-refractivity contribution < 1.29 is 4.79 Å². The van der Waals surface area contributed by atoms with Gasteiger partial charge in [-0.2, -0.15) is 0 Å². The van der Waals surface area contributed by atoms with Gasteiger partial charge in [0.2, 0.25) is 5.91 Å². The van der Waals surface area contributed by atoms with Gasteiger partial charge in [-0.3, -0.25) is 4.79 Å². The Morgan fingerprint density at radius 1 is 1.36 bits per heavy atom. The number of nitrogens with zero attached hydrogens (tertiary/aromatic N) is 4. The van der Waals surface area contributed by atoms with Gasteiger partial charge in [-0.1, -0.05) is 18.7 Å². The number of carbonyl (C=O) groups is 1. The van der Waals surface area contributed by atoms with Crippen molar-refractivity contribution in [2.75, 3.05) is 12.3 Å². The molecule has 1 N–H and O–H groups in total. The molecule has 3 heterocycles. The molecule has 1 aliphatic rings. The molecule has 0 aliphatic carbocycles. The summed E-state index contributed by atoms with van der Waals surface area (Å²) in [5.74, 6) is 1.81. The van der Waals surface area contributed by atoms with Crippen LogP contribution in [0.15, 0.2) is 29.9 Å². The highest BCUT2D eigenvalue weighted by molar-refractivity contribution is 7.99. The Kier molecular flexibility index (Phi) is 4.72. The van der Waals surface area contributed by atoms with Crippen molar-refractivity contribution in [2.45, 2.75) is 37.4 Å². The Morgan fingerprint density at radius 2 is 2.18 bits per heavy atom. The van der Waals surface area contributed by atoms with Crippen LogP contribution >= 0.6 is 11.8 Å². The predicted molar refractivity (Wildman–Crippen MR) is 85.5 cm³/mol. The lowest BCUT2D eigenvalue weighted by molar-refractivity contribution is -0.125. The Morgan fingerprint density at radius 3 is 2.91 bits per heavy atom. The van der Waals surface area contributed by atoms with Crippen molar-refractivity contribution >= 4 is 17.7 Å². The molecule has 1 fully saturated rings. The molecular weight excluding hydrogens is 298 g/mol.